The number of aromatic nitrogens is 2. The molecule has 0 saturated carbocycles. The van der Waals surface area contributed by atoms with Crippen LogP contribution in [-0.4, -0.2) is 47.0 Å². The quantitative estimate of drug-likeness (QED) is 0.755. The average Bonchev–Trinajstić information content (AvgIpc) is 2.54. The molecule has 17 heavy (non-hydrogen) atoms. The fourth-order valence-electron chi connectivity index (χ4n) is 1.95. The SMILES string of the molecule is CC(=O)N1CCCN(c2cncc(Cl)n2)CC1. The van der Waals surface area contributed by atoms with Crippen LogP contribution in [0.15, 0.2) is 12.4 Å². The minimum Gasteiger partial charge on any atom is -0.353 e. The molecule has 0 spiro atoms. The summed E-state index contributed by atoms with van der Waals surface area (Å²) in [5, 5.41) is 0.398. The van der Waals surface area contributed by atoms with Crippen molar-refractivity contribution in [3.05, 3.63) is 17.5 Å². The standard InChI is InChI=1S/C11H15ClN4O/c1-9(17)15-3-2-4-16(6-5-15)11-8-13-7-10(12)14-11/h7-8H,2-6H2,1H3. The molecule has 1 aromatic heterocycles. The van der Waals surface area contributed by atoms with E-state index in [0.29, 0.717) is 5.15 Å². The van der Waals surface area contributed by atoms with Crippen LogP contribution in [0.5, 0.6) is 0 Å². The number of carbonyl (C=O) groups is 1. The maximum atomic E-state index is 11.3. The van der Waals surface area contributed by atoms with Gasteiger partial charge in [-0.25, -0.2) is 4.98 Å². The number of amides is 1. The Morgan fingerprint density at radius 1 is 1.29 bits per heavy atom. The molecule has 2 heterocycles. The van der Waals surface area contributed by atoms with Gasteiger partial charge in [-0.15, -0.1) is 0 Å². The van der Waals surface area contributed by atoms with E-state index in [1.54, 1.807) is 13.1 Å². The van der Waals surface area contributed by atoms with Gasteiger partial charge in [-0.05, 0) is 6.42 Å². The Balaban J connectivity index is 2.06. The van der Waals surface area contributed by atoms with Crippen LogP contribution in [0.1, 0.15) is 13.3 Å². The zero-order chi connectivity index (χ0) is 12.3. The van der Waals surface area contributed by atoms with Crippen molar-refractivity contribution < 1.29 is 4.79 Å². The summed E-state index contributed by atoms with van der Waals surface area (Å²) in [6, 6.07) is 0. The highest BCUT2D eigenvalue weighted by Crippen LogP contribution is 2.15. The lowest BCUT2D eigenvalue weighted by atomic mass is 10.4. The zero-order valence-corrected chi connectivity index (χ0v) is 10.5. The number of anilines is 1. The van der Waals surface area contributed by atoms with Crippen molar-refractivity contribution in [2.75, 3.05) is 31.1 Å². The van der Waals surface area contributed by atoms with E-state index in [0.717, 1.165) is 38.4 Å². The molecule has 0 bridgehead atoms. The van der Waals surface area contributed by atoms with E-state index in [4.69, 9.17) is 11.6 Å². The molecule has 1 aliphatic rings. The molecular formula is C11H15ClN4O. The highest BCUT2D eigenvalue weighted by atomic mass is 35.5. The molecule has 92 valence electrons. The second kappa shape index (κ2) is 5.31. The predicted molar refractivity (Wildman–Crippen MR) is 66.1 cm³/mol. The molecule has 0 aromatic carbocycles. The van der Waals surface area contributed by atoms with E-state index in [9.17, 15) is 4.79 Å². The first-order valence-corrected chi connectivity index (χ1v) is 6.02. The van der Waals surface area contributed by atoms with Gasteiger partial charge in [-0.3, -0.25) is 9.78 Å². The first-order chi connectivity index (χ1) is 8.16. The largest absolute Gasteiger partial charge is 0.353 e. The van der Waals surface area contributed by atoms with Crippen LogP contribution in [0.3, 0.4) is 0 Å². The molecule has 1 aromatic rings. The maximum absolute atomic E-state index is 11.3. The van der Waals surface area contributed by atoms with Crippen LogP contribution in [-0.2, 0) is 4.79 Å². The van der Waals surface area contributed by atoms with Gasteiger partial charge in [0.05, 0.1) is 12.4 Å². The molecule has 0 radical (unpaired) electrons. The van der Waals surface area contributed by atoms with Gasteiger partial charge < -0.3 is 9.80 Å². The molecule has 6 heteroatoms. The molecule has 1 aliphatic heterocycles. The Kier molecular flexibility index (Phi) is 3.78. The van der Waals surface area contributed by atoms with Gasteiger partial charge in [0.1, 0.15) is 11.0 Å². The van der Waals surface area contributed by atoms with Crippen LogP contribution in [0.25, 0.3) is 0 Å². The summed E-state index contributed by atoms with van der Waals surface area (Å²) in [6.45, 7) is 4.78. The van der Waals surface area contributed by atoms with Gasteiger partial charge in [0, 0.05) is 33.1 Å². The molecule has 2 rings (SSSR count). The lowest BCUT2D eigenvalue weighted by Crippen LogP contribution is -2.33. The van der Waals surface area contributed by atoms with E-state index >= 15 is 0 Å². The summed E-state index contributed by atoms with van der Waals surface area (Å²) in [5.41, 5.74) is 0. The zero-order valence-electron chi connectivity index (χ0n) is 9.77. The monoisotopic (exact) mass is 254 g/mol. The number of hydrogen-bond acceptors (Lipinski definition) is 4. The number of carbonyl (C=O) groups excluding carboxylic acids is 1. The summed E-state index contributed by atoms with van der Waals surface area (Å²) in [6.07, 6.45) is 4.16. The fourth-order valence-corrected chi connectivity index (χ4v) is 2.09. The summed E-state index contributed by atoms with van der Waals surface area (Å²) < 4.78 is 0. The molecule has 0 N–H and O–H groups in total. The normalized spacial score (nSPS) is 16.8. The first kappa shape index (κ1) is 12.1. The summed E-state index contributed by atoms with van der Waals surface area (Å²) in [5.74, 6) is 0.909. The van der Waals surface area contributed by atoms with Crippen molar-refractivity contribution in [3.63, 3.8) is 0 Å². The minimum absolute atomic E-state index is 0.129. The van der Waals surface area contributed by atoms with E-state index in [1.807, 2.05) is 4.90 Å². The third-order valence-electron chi connectivity index (χ3n) is 2.86. The molecule has 5 nitrogen and oxygen atoms in total. The molecule has 0 unspecified atom stereocenters. The highest BCUT2D eigenvalue weighted by molar-refractivity contribution is 6.29. The van der Waals surface area contributed by atoms with E-state index in [-0.39, 0.29) is 5.91 Å². The molecule has 1 fully saturated rings. The van der Waals surface area contributed by atoms with Crippen molar-refractivity contribution in [2.24, 2.45) is 0 Å². The maximum Gasteiger partial charge on any atom is 0.219 e. The second-order valence-electron chi connectivity index (χ2n) is 4.05. The molecule has 0 aliphatic carbocycles. The first-order valence-electron chi connectivity index (χ1n) is 5.65. The summed E-state index contributed by atoms with van der Waals surface area (Å²) in [4.78, 5) is 23.5. The van der Waals surface area contributed by atoms with Crippen molar-refractivity contribution >= 4 is 23.3 Å². The molecule has 1 amide bonds. The highest BCUT2D eigenvalue weighted by Gasteiger charge is 2.17. The Labute approximate surface area is 105 Å². The third kappa shape index (κ3) is 3.06. The van der Waals surface area contributed by atoms with Gasteiger partial charge in [0.25, 0.3) is 0 Å². The molecular weight excluding hydrogens is 240 g/mol. The minimum atomic E-state index is 0.129. The number of halogens is 1. The Hall–Kier alpha value is -1.36. The third-order valence-corrected chi connectivity index (χ3v) is 3.04. The van der Waals surface area contributed by atoms with Gasteiger partial charge in [0.2, 0.25) is 5.91 Å². The van der Waals surface area contributed by atoms with Crippen molar-refractivity contribution in [1.82, 2.24) is 14.9 Å². The fraction of sp³-hybridized carbons (Fsp3) is 0.545. The second-order valence-corrected chi connectivity index (χ2v) is 4.43. The Morgan fingerprint density at radius 2 is 2.12 bits per heavy atom. The molecule has 1 saturated heterocycles. The van der Waals surface area contributed by atoms with Crippen LogP contribution in [0.2, 0.25) is 5.15 Å². The van der Waals surface area contributed by atoms with Gasteiger partial charge in [-0.1, -0.05) is 11.6 Å². The Morgan fingerprint density at radius 3 is 2.82 bits per heavy atom. The number of rotatable bonds is 1. The van der Waals surface area contributed by atoms with Gasteiger partial charge in [-0.2, -0.15) is 0 Å². The summed E-state index contributed by atoms with van der Waals surface area (Å²) in [7, 11) is 0. The van der Waals surface area contributed by atoms with Crippen LogP contribution in [0, 0.1) is 0 Å². The van der Waals surface area contributed by atoms with Crippen LogP contribution in [0.4, 0.5) is 5.82 Å². The van der Waals surface area contributed by atoms with Crippen LogP contribution >= 0.6 is 11.6 Å². The van der Waals surface area contributed by atoms with E-state index < -0.39 is 0 Å². The lowest BCUT2D eigenvalue weighted by Gasteiger charge is -2.21. The molecule has 0 atom stereocenters. The summed E-state index contributed by atoms with van der Waals surface area (Å²) >= 11 is 5.82. The smallest absolute Gasteiger partial charge is 0.219 e. The lowest BCUT2D eigenvalue weighted by molar-refractivity contribution is -0.128. The average molecular weight is 255 g/mol. The predicted octanol–water partition coefficient (Wildman–Crippen LogP) is 1.19. The van der Waals surface area contributed by atoms with Crippen molar-refractivity contribution in [2.45, 2.75) is 13.3 Å². The Bertz CT molecular complexity index is 412. The van der Waals surface area contributed by atoms with E-state index in [2.05, 4.69) is 14.9 Å². The van der Waals surface area contributed by atoms with Gasteiger partial charge in [0.15, 0.2) is 0 Å². The van der Waals surface area contributed by atoms with Crippen molar-refractivity contribution in [1.29, 1.82) is 0 Å². The van der Waals surface area contributed by atoms with Gasteiger partial charge >= 0.3 is 0 Å². The topological polar surface area (TPSA) is 49.3 Å². The number of hydrogen-bond donors (Lipinski definition) is 0. The van der Waals surface area contributed by atoms with E-state index in [1.165, 1.54) is 6.20 Å². The van der Waals surface area contributed by atoms with Crippen LogP contribution < -0.4 is 4.90 Å². The number of nitrogens with zero attached hydrogens (tertiary/aromatic N) is 4. The van der Waals surface area contributed by atoms with Crippen molar-refractivity contribution in [3.8, 4) is 0 Å².